The third-order valence-electron chi connectivity index (χ3n) is 6.27. The third kappa shape index (κ3) is 4.75. The number of likely N-dealkylation sites (tertiary alicyclic amines) is 1. The number of amides is 1. The molecule has 8 heteroatoms. The Hall–Kier alpha value is -2.19. The van der Waals surface area contributed by atoms with Crippen molar-refractivity contribution in [2.45, 2.75) is 55.9 Å². The molecule has 4 rings (SSSR count). The van der Waals surface area contributed by atoms with E-state index in [9.17, 15) is 13.2 Å². The predicted molar refractivity (Wildman–Crippen MR) is 114 cm³/mol. The van der Waals surface area contributed by atoms with E-state index in [0.29, 0.717) is 36.9 Å². The van der Waals surface area contributed by atoms with Gasteiger partial charge in [0.15, 0.2) is 0 Å². The van der Waals surface area contributed by atoms with Gasteiger partial charge in [0.2, 0.25) is 15.9 Å². The minimum atomic E-state index is -3.40. The molecule has 2 aromatic rings. The highest BCUT2D eigenvalue weighted by atomic mass is 32.2. The Labute approximate surface area is 178 Å². The number of aryl methyl sites for hydroxylation is 1. The Morgan fingerprint density at radius 2 is 1.70 bits per heavy atom. The van der Waals surface area contributed by atoms with Crippen LogP contribution < -0.4 is 0 Å². The number of sulfonamides is 1. The zero-order valence-electron chi connectivity index (χ0n) is 17.3. The van der Waals surface area contributed by atoms with Gasteiger partial charge in [-0.25, -0.2) is 13.4 Å². The van der Waals surface area contributed by atoms with E-state index in [1.54, 1.807) is 22.6 Å². The normalized spacial score (nSPS) is 19.1. The minimum absolute atomic E-state index is 0.170. The molecule has 0 N–H and O–H groups in total. The van der Waals surface area contributed by atoms with E-state index in [2.05, 4.69) is 9.55 Å². The summed E-state index contributed by atoms with van der Waals surface area (Å²) in [5, 5.41) is 0. The molecule has 2 saturated heterocycles. The van der Waals surface area contributed by atoms with Gasteiger partial charge in [-0.3, -0.25) is 4.79 Å². The monoisotopic (exact) mass is 430 g/mol. The van der Waals surface area contributed by atoms with Crippen molar-refractivity contribution in [3.8, 4) is 0 Å². The van der Waals surface area contributed by atoms with E-state index in [1.807, 2.05) is 29.6 Å². The summed E-state index contributed by atoms with van der Waals surface area (Å²) in [4.78, 5) is 19.0. The second-order valence-corrected chi connectivity index (χ2v) is 10.2. The number of nitrogens with zero attached hydrogens (tertiary/aromatic N) is 4. The molecule has 7 nitrogen and oxygen atoms in total. The van der Waals surface area contributed by atoms with E-state index in [1.165, 1.54) is 0 Å². The van der Waals surface area contributed by atoms with Crippen LogP contribution in [0.4, 0.5) is 0 Å². The van der Waals surface area contributed by atoms with Crippen LogP contribution in [0.15, 0.2) is 47.9 Å². The fourth-order valence-electron chi connectivity index (χ4n) is 4.39. The van der Waals surface area contributed by atoms with E-state index in [4.69, 9.17) is 0 Å². The summed E-state index contributed by atoms with van der Waals surface area (Å²) >= 11 is 0. The second kappa shape index (κ2) is 9.31. The van der Waals surface area contributed by atoms with Crippen molar-refractivity contribution in [2.75, 3.05) is 26.2 Å². The Kier molecular flexibility index (Phi) is 6.53. The molecule has 1 aromatic heterocycles. The van der Waals surface area contributed by atoms with Gasteiger partial charge in [-0.05, 0) is 49.8 Å². The van der Waals surface area contributed by atoms with Crippen LogP contribution >= 0.6 is 0 Å². The maximum atomic E-state index is 12.7. The van der Waals surface area contributed by atoms with Gasteiger partial charge < -0.3 is 9.47 Å². The molecule has 0 radical (unpaired) electrons. The molecule has 0 atom stereocenters. The number of hydrogen-bond donors (Lipinski definition) is 0. The number of benzene rings is 1. The zero-order valence-corrected chi connectivity index (χ0v) is 18.1. The van der Waals surface area contributed by atoms with Crippen molar-refractivity contribution >= 4 is 15.9 Å². The van der Waals surface area contributed by atoms with Crippen LogP contribution in [-0.2, 0) is 21.2 Å². The molecular weight excluding hydrogens is 400 g/mol. The highest BCUT2D eigenvalue weighted by molar-refractivity contribution is 7.89. The van der Waals surface area contributed by atoms with Gasteiger partial charge in [0, 0.05) is 51.0 Å². The topological polar surface area (TPSA) is 75.5 Å². The van der Waals surface area contributed by atoms with Gasteiger partial charge in [0.25, 0.3) is 0 Å². The Balaban J connectivity index is 1.27. The number of carbonyl (C=O) groups excluding carboxylic acids is 1. The maximum absolute atomic E-state index is 12.7. The van der Waals surface area contributed by atoms with Crippen LogP contribution in [-0.4, -0.2) is 59.3 Å². The van der Waals surface area contributed by atoms with Gasteiger partial charge in [-0.2, -0.15) is 4.31 Å². The molecule has 30 heavy (non-hydrogen) atoms. The van der Waals surface area contributed by atoms with Crippen molar-refractivity contribution in [3.63, 3.8) is 0 Å². The first-order valence-corrected chi connectivity index (χ1v) is 12.3. The average molecular weight is 431 g/mol. The summed E-state index contributed by atoms with van der Waals surface area (Å²) < 4.78 is 29.2. The number of rotatable bonds is 6. The lowest BCUT2D eigenvalue weighted by molar-refractivity contribution is -0.132. The molecule has 162 valence electrons. The van der Waals surface area contributed by atoms with Crippen molar-refractivity contribution < 1.29 is 13.2 Å². The highest BCUT2D eigenvalue weighted by Gasteiger charge is 2.26. The van der Waals surface area contributed by atoms with Crippen molar-refractivity contribution in [2.24, 2.45) is 0 Å². The average Bonchev–Trinajstić information content (AvgIpc) is 3.33. The SMILES string of the molecule is O=C(CCc1ccc(S(=O)(=O)N2CCCCC2)cc1)N1CCC(n2ccnc2)CC1. The Morgan fingerprint density at radius 1 is 1.00 bits per heavy atom. The van der Waals surface area contributed by atoms with Crippen LogP contribution in [0.3, 0.4) is 0 Å². The smallest absolute Gasteiger partial charge is 0.243 e. The summed E-state index contributed by atoms with van der Waals surface area (Å²) in [6.45, 7) is 2.76. The van der Waals surface area contributed by atoms with E-state index in [-0.39, 0.29) is 5.91 Å². The van der Waals surface area contributed by atoms with Crippen molar-refractivity contribution in [1.29, 1.82) is 0 Å². The number of hydrogen-bond acceptors (Lipinski definition) is 4. The number of carbonyl (C=O) groups is 1. The minimum Gasteiger partial charge on any atom is -0.343 e. The first-order valence-electron chi connectivity index (χ1n) is 10.9. The largest absolute Gasteiger partial charge is 0.343 e. The van der Waals surface area contributed by atoms with Gasteiger partial charge in [-0.1, -0.05) is 18.6 Å². The van der Waals surface area contributed by atoms with Crippen molar-refractivity contribution in [1.82, 2.24) is 18.8 Å². The number of piperidine rings is 2. The van der Waals surface area contributed by atoms with Gasteiger partial charge in [-0.15, -0.1) is 0 Å². The van der Waals surface area contributed by atoms with E-state index >= 15 is 0 Å². The molecule has 1 amide bonds. The molecule has 2 aliphatic heterocycles. The van der Waals surface area contributed by atoms with Crippen molar-refractivity contribution in [3.05, 3.63) is 48.5 Å². The lowest BCUT2D eigenvalue weighted by Gasteiger charge is -2.32. The van der Waals surface area contributed by atoms with Crippen LogP contribution in [0.1, 0.15) is 50.1 Å². The Morgan fingerprint density at radius 3 is 2.33 bits per heavy atom. The van der Waals surface area contributed by atoms with Gasteiger partial charge in [0.05, 0.1) is 11.2 Å². The fraction of sp³-hybridized carbons (Fsp3) is 0.545. The molecule has 0 bridgehead atoms. The molecule has 1 aromatic carbocycles. The fourth-order valence-corrected chi connectivity index (χ4v) is 5.91. The third-order valence-corrected chi connectivity index (χ3v) is 8.18. The standard InChI is InChI=1S/C22H30N4O3S/c27-22(24-15-10-20(11-16-24)25-17-12-23-18-25)9-6-19-4-7-21(8-5-19)30(28,29)26-13-2-1-3-14-26/h4-5,7-8,12,17-18,20H,1-3,6,9-11,13-16H2. The lowest BCUT2D eigenvalue weighted by Crippen LogP contribution is -2.39. The lowest BCUT2D eigenvalue weighted by atomic mass is 10.0. The Bertz CT molecular complexity index is 927. The van der Waals surface area contributed by atoms with Gasteiger partial charge in [0.1, 0.15) is 0 Å². The van der Waals surface area contributed by atoms with Crippen LogP contribution in [0.25, 0.3) is 0 Å². The molecule has 0 saturated carbocycles. The maximum Gasteiger partial charge on any atom is 0.243 e. The summed E-state index contributed by atoms with van der Waals surface area (Å²) in [6.07, 6.45) is 11.6. The van der Waals surface area contributed by atoms with Crippen LogP contribution in [0, 0.1) is 0 Å². The first-order chi connectivity index (χ1) is 14.5. The molecule has 0 unspecified atom stereocenters. The molecule has 3 heterocycles. The first kappa shape index (κ1) is 21.1. The van der Waals surface area contributed by atoms with E-state index in [0.717, 1.165) is 50.8 Å². The molecule has 2 aliphatic rings. The number of aromatic nitrogens is 2. The predicted octanol–water partition coefficient (Wildman–Crippen LogP) is 2.85. The highest BCUT2D eigenvalue weighted by Crippen LogP contribution is 2.23. The molecule has 0 aliphatic carbocycles. The number of imidazole rings is 1. The zero-order chi connectivity index (χ0) is 21.0. The summed E-state index contributed by atoms with van der Waals surface area (Å²) in [5.74, 6) is 0.170. The summed E-state index contributed by atoms with van der Waals surface area (Å²) in [6, 6.07) is 7.47. The second-order valence-electron chi connectivity index (χ2n) is 8.23. The van der Waals surface area contributed by atoms with E-state index < -0.39 is 10.0 Å². The van der Waals surface area contributed by atoms with Crippen LogP contribution in [0.5, 0.6) is 0 Å². The van der Waals surface area contributed by atoms with Gasteiger partial charge >= 0.3 is 0 Å². The summed E-state index contributed by atoms with van der Waals surface area (Å²) in [5.41, 5.74) is 0.995. The molecular formula is C22H30N4O3S. The molecule has 2 fully saturated rings. The van der Waals surface area contributed by atoms with Crippen LogP contribution in [0.2, 0.25) is 0 Å². The quantitative estimate of drug-likeness (QED) is 0.706. The summed E-state index contributed by atoms with van der Waals surface area (Å²) in [7, 11) is -3.40. The molecule has 0 spiro atoms.